The molecule has 0 saturated heterocycles. The quantitative estimate of drug-likeness (QED) is 0.552. The van der Waals surface area contributed by atoms with Crippen molar-refractivity contribution in [2.45, 2.75) is 38.5 Å². The lowest BCUT2D eigenvalue weighted by atomic mass is 10.1. The van der Waals surface area contributed by atoms with Crippen molar-refractivity contribution in [1.82, 2.24) is 10.6 Å². The lowest BCUT2D eigenvalue weighted by Gasteiger charge is -2.13. The molecule has 4 rings (SSSR count). The fraction of sp³-hybridized carbons (Fsp3) is 0.333. The molecular weight excluding hydrogens is 416 g/mol. The summed E-state index contributed by atoms with van der Waals surface area (Å²) in [6, 6.07) is 8.95. The van der Waals surface area contributed by atoms with E-state index in [2.05, 4.69) is 95.7 Å². The monoisotopic (exact) mass is 452 g/mol. The van der Waals surface area contributed by atoms with Crippen molar-refractivity contribution in [3.63, 3.8) is 0 Å². The first-order valence-electron chi connectivity index (χ1n) is 12.6. The minimum Gasteiger partial charge on any atom is -0.383 e. The van der Waals surface area contributed by atoms with E-state index in [4.69, 9.17) is 9.98 Å². The minimum absolute atomic E-state index is 0.862. The number of aliphatic imine (C=N–C) groups is 2. The van der Waals surface area contributed by atoms with Crippen LogP contribution in [0.2, 0.25) is 0 Å². The molecule has 0 saturated carbocycles. The Morgan fingerprint density at radius 2 is 1.12 bits per heavy atom. The van der Waals surface area contributed by atoms with Crippen LogP contribution in [0.4, 0.5) is 0 Å². The third-order valence-electron chi connectivity index (χ3n) is 6.11. The molecule has 1 aliphatic heterocycles. The van der Waals surface area contributed by atoms with Gasteiger partial charge in [-0.1, -0.05) is 73.6 Å². The molecule has 2 N–H and O–H groups in total. The SMILES string of the molecule is C1=CC=C2NCCc3cccc(c3)CCNC3=CC=CC=CC3=NCCCCCCN=C2C=C1. The molecule has 0 aromatic heterocycles. The largest absolute Gasteiger partial charge is 0.383 e. The Morgan fingerprint density at radius 3 is 1.65 bits per heavy atom. The van der Waals surface area contributed by atoms with Gasteiger partial charge in [0.1, 0.15) is 0 Å². The molecule has 176 valence electrons. The number of benzene rings is 1. The summed E-state index contributed by atoms with van der Waals surface area (Å²) < 4.78 is 0. The molecule has 0 amide bonds. The Morgan fingerprint density at radius 1 is 0.588 bits per heavy atom. The van der Waals surface area contributed by atoms with Gasteiger partial charge in [0.15, 0.2) is 0 Å². The first-order chi connectivity index (χ1) is 16.9. The van der Waals surface area contributed by atoms with Crippen molar-refractivity contribution in [1.29, 1.82) is 0 Å². The van der Waals surface area contributed by atoms with Crippen LogP contribution in [-0.4, -0.2) is 37.6 Å². The van der Waals surface area contributed by atoms with Crippen LogP contribution in [0.1, 0.15) is 36.8 Å². The van der Waals surface area contributed by atoms with Gasteiger partial charge in [0.2, 0.25) is 0 Å². The van der Waals surface area contributed by atoms with Crippen molar-refractivity contribution < 1.29 is 0 Å². The van der Waals surface area contributed by atoms with Gasteiger partial charge >= 0.3 is 0 Å². The van der Waals surface area contributed by atoms with Crippen LogP contribution in [0.5, 0.6) is 0 Å². The summed E-state index contributed by atoms with van der Waals surface area (Å²) in [5.41, 5.74) is 7.04. The van der Waals surface area contributed by atoms with Gasteiger partial charge < -0.3 is 10.6 Å². The lowest BCUT2D eigenvalue weighted by Crippen LogP contribution is -2.22. The molecule has 2 aliphatic carbocycles. The number of rotatable bonds is 0. The number of hydrogen-bond donors (Lipinski definition) is 2. The van der Waals surface area contributed by atoms with E-state index in [0.717, 1.165) is 74.7 Å². The second kappa shape index (κ2) is 13.3. The van der Waals surface area contributed by atoms with Gasteiger partial charge in [-0.25, -0.2) is 0 Å². The highest BCUT2D eigenvalue weighted by atomic mass is 14.9. The van der Waals surface area contributed by atoms with Gasteiger partial charge in [0, 0.05) is 26.2 Å². The van der Waals surface area contributed by atoms with E-state index in [1.165, 1.54) is 24.0 Å². The Balaban J connectivity index is 1.47. The predicted molar refractivity (Wildman–Crippen MR) is 146 cm³/mol. The highest BCUT2D eigenvalue weighted by Gasteiger charge is 2.07. The minimum atomic E-state index is 0.862. The van der Waals surface area contributed by atoms with E-state index in [0.29, 0.717) is 0 Å². The van der Waals surface area contributed by atoms with Crippen molar-refractivity contribution in [2.24, 2.45) is 9.98 Å². The smallest absolute Gasteiger partial charge is 0.0805 e. The number of nitrogens with zero attached hydrogens (tertiary/aromatic N) is 2. The Hall–Kier alpha value is -3.40. The molecule has 0 spiro atoms. The molecule has 0 fully saturated rings. The van der Waals surface area contributed by atoms with E-state index < -0.39 is 0 Å². The van der Waals surface area contributed by atoms with Crippen molar-refractivity contribution in [2.75, 3.05) is 26.2 Å². The van der Waals surface area contributed by atoms with Crippen LogP contribution in [0.15, 0.2) is 106 Å². The zero-order valence-electron chi connectivity index (χ0n) is 20.0. The molecular formula is C30H36N4. The first kappa shape index (κ1) is 23.7. The lowest BCUT2D eigenvalue weighted by molar-refractivity contribution is 0.654. The number of nitrogens with one attached hydrogen (secondary N) is 2. The number of allylic oxidation sites excluding steroid dienone is 10. The zero-order chi connectivity index (χ0) is 23.3. The number of fused-ring (bicyclic) bond motifs is 4. The second-order valence-electron chi connectivity index (χ2n) is 8.77. The van der Waals surface area contributed by atoms with E-state index >= 15 is 0 Å². The molecule has 0 atom stereocenters. The molecule has 34 heavy (non-hydrogen) atoms. The second-order valence-corrected chi connectivity index (χ2v) is 8.77. The van der Waals surface area contributed by atoms with Crippen LogP contribution < -0.4 is 10.6 Å². The number of hydrogen-bond acceptors (Lipinski definition) is 4. The van der Waals surface area contributed by atoms with Crippen molar-refractivity contribution in [3.05, 3.63) is 108 Å². The summed E-state index contributed by atoms with van der Waals surface area (Å²) in [4.78, 5) is 9.79. The Bertz CT molecular complexity index is 982. The molecule has 3 aliphatic rings. The summed E-state index contributed by atoms with van der Waals surface area (Å²) in [6.07, 6.45) is 27.5. The Kier molecular flexibility index (Phi) is 9.32. The topological polar surface area (TPSA) is 48.8 Å². The van der Waals surface area contributed by atoms with Crippen LogP contribution in [0.3, 0.4) is 0 Å². The fourth-order valence-corrected chi connectivity index (χ4v) is 4.25. The highest BCUT2D eigenvalue weighted by molar-refractivity contribution is 6.09. The van der Waals surface area contributed by atoms with E-state index in [-0.39, 0.29) is 0 Å². The van der Waals surface area contributed by atoms with Crippen LogP contribution in [0.25, 0.3) is 0 Å². The van der Waals surface area contributed by atoms with Crippen molar-refractivity contribution >= 4 is 11.4 Å². The molecule has 4 nitrogen and oxygen atoms in total. The van der Waals surface area contributed by atoms with E-state index in [1.54, 1.807) is 0 Å². The van der Waals surface area contributed by atoms with Gasteiger partial charge in [-0.2, -0.15) is 0 Å². The Labute approximate surface area is 204 Å². The first-order valence-corrected chi connectivity index (χ1v) is 12.6. The molecule has 2 bridgehead atoms. The normalized spacial score (nSPS) is 19.9. The van der Waals surface area contributed by atoms with Gasteiger partial charge in [0.05, 0.1) is 22.8 Å². The standard InChI is InChI=1S/C30H36N4/c1-2-10-21-32-28-15-6-4-8-17-30(28)34-23-19-26-13-11-12-25(24-26)18-22-33-29-16-7-3-5-14-27(29)31-20-9-1/h3-8,11-17,24,33-34H,1-2,9-10,18-23H2. The maximum atomic E-state index is 4.90. The summed E-state index contributed by atoms with van der Waals surface area (Å²) >= 11 is 0. The molecule has 1 heterocycles. The summed E-state index contributed by atoms with van der Waals surface area (Å²) in [5.74, 6) is 0. The fourth-order valence-electron chi connectivity index (χ4n) is 4.25. The average Bonchev–Trinajstić information content (AvgIpc) is 3.21. The molecule has 1 aromatic rings. The van der Waals surface area contributed by atoms with E-state index in [9.17, 15) is 0 Å². The molecule has 0 radical (unpaired) electrons. The maximum absolute atomic E-state index is 4.90. The third kappa shape index (κ3) is 7.58. The van der Waals surface area contributed by atoms with Crippen LogP contribution in [-0.2, 0) is 12.8 Å². The highest BCUT2D eigenvalue weighted by Crippen LogP contribution is 2.10. The molecule has 0 unspecified atom stereocenters. The van der Waals surface area contributed by atoms with Gasteiger partial charge in [-0.15, -0.1) is 0 Å². The van der Waals surface area contributed by atoms with Crippen molar-refractivity contribution in [3.8, 4) is 0 Å². The predicted octanol–water partition coefficient (Wildman–Crippen LogP) is 5.43. The summed E-state index contributed by atoms with van der Waals surface area (Å²) in [6.45, 7) is 3.50. The molecule has 1 aromatic carbocycles. The van der Waals surface area contributed by atoms with Crippen LogP contribution >= 0.6 is 0 Å². The summed E-state index contributed by atoms with van der Waals surface area (Å²) in [5, 5.41) is 7.24. The zero-order valence-corrected chi connectivity index (χ0v) is 20.0. The average molecular weight is 453 g/mol. The maximum Gasteiger partial charge on any atom is 0.0805 e. The van der Waals surface area contributed by atoms with Gasteiger partial charge in [-0.3, -0.25) is 9.98 Å². The van der Waals surface area contributed by atoms with Crippen LogP contribution in [0, 0.1) is 0 Å². The molecule has 4 heteroatoms. The van der Waals surface area contributed by atoms with Gasteiger partial charge in [0.25, 0.3) is 0 Å². The summed E-state index contributed by atoms with van der Waals surface area (Å²) in [7, 11) is 0. The van der Waals surface area contributed by atoms with Gasteiger partial charge in [-0.05, 0) is 61.1 Å². The van der Waals surface area contributed by atoms with E-state index in [1.807, 2.05) is 0 Å². The third-order valence-corrected chi connectivity index (χ3v) is 6.11.